The number of aliphatic hydroxyl groups is 1. The summed E-state index contributed by atoms with van der Waals surface area (Å²) in [6.45, 7) is 5.06. The summed E-state index contributed by atoms with van der Waals surface area (Å²) in [5, 5.41) is 12.2. The standard InChI is InChI=1S/C5H12N2O2/c1-5(2,3)7(4-8)6-9/h8H,4H2,1-3H3. The Bertz CT molecular complexity index is 97.6. The summed E-state index contributed by atoms with van der Waals surface area (Å²) >= 11 is 0. The van der Waals surface area contributed by atoms with Crippen LogP contribution in [-0.2, 0) is 0 Å². The van der Waals surface area contributed by atoms with Gasteiger partial charge < -0.3 is 5.11 Å². The molecule has 0 aliphatic rings. The van der Waals surface area contributed by atoms with Crippen LogP contribution < -0.4 is 0 Å². The molecule has 9 heavy (non-hydrogen) atoms. The predicted molar refractivity (Wildman–Crippen MR) is 34.5 cm³/mol. The van der Waals surface area contributed by atoms with Crippen LogP contribution in [0, 0.1) is 4.91 Å². The zero-order valence-corrected chi connectivity index (χ0v) is 5.96. The smallest absolute Gasteiger partial charge is 0.135 e. The van der Waals surface area contributed by atoms with E-state index in [1.54, 1.807) is 20.8 Å². The van der Waals surface area contributed by atoms with Gasteiger partial charge in [0.05, 0.1) is 10.8 Å². The van der Waals surface area contributed by atoms with Gasteiger partial charge in [-0.25, -0.2) is 5.01 Å². The summed E-state index contributed by atoms with van der Waals surface area (Å²) in [6.07, 6.45) is 0. The van der Waals surface area contributed by atoms with Crippen molar-refractivity contribution in [3.05, 3.63) is 4.91 Å². The lowest BCUT2D eigenvalue weighted by Gasteiger charge is -2.27. The summed E-state index contributed by atoms with van der Waals surface area (Å²) in [4.78, 5) is 9.90. The highest BCUT2D eigenvalue weighted by molar-refractivity contribution is 4.69. The molecule has 0 aromatic heterocycles. The third-order valence-electron chi connectivity index (χ3n) is 1.01. The van der Waals surface area contributed by atoms with Crippen LogP contribution in [0.15, 0.2) is 5.29 Å². The monoisotopic (exact) mass is 132 g/mol. The van der Waals surface area contributed by atoms with Crippen LogP contribution in [0.1, 0.15) is 20.8 Å². The number of rotatable bonds is 2. The third-order valence-corrected chi connectivity index (χ3v) is 1.01. The molecular formula is C5H12N2O2. The second-order valence-electron chi connectivity index (χ2n) is 2.79. The Kier molecular flexibility index (Phi) is 2.58. The lowest BCUT2D eigenvalue weighted by molar-refractivity contribution is 0.0340. The van der Waals surface area contributed by atoms with E-state index in [4.69, 9.17) is 5.11 Å². The second kappa shape index (κ2) is 2.77. The zero-order chi connectivity index (χ0) is 7.49. The fourth-order valence-corrected chi connectivity index (χ4v) is 0.360. The Labute approximate surface area is 54.4 Å². The first-order valence-corrected chi connectivity index (χ1v) is 2.74. The third kappa shape index (κ3) is 2.41. The fraction of sp³-hybridized carbons (Fsp3) is 1.00. The van der Waals surface area contributed by atoms with E-state index in [2.05, 4.69) is 5.29 Å². The van der Waals surface area contributed by atoms with Crippen molar-refractivity contribution in [1.82, 2.24) is 5.01 Å². The summed E-state index contributed by atoms with van der Waals surface area (Å²) in [6, 6.07) is 0. The van der Waals surface area contributed by atoms with Crippen LogP contribution in [0.25, 0.3) is 0 Å². The van der Waals surface area contributed by atoms with Crippen LogP contribution in [0.2, 0.25) is 0 Å². The van der Waals surface area contributed by atoms with Gasteiger partial charge in [0.15, 0.2) is 0 Å². The van der Waals surface area contributed by atoms with E-state index in [0.29, 0.717) is 0 Å². The summed E-state index contributed by atoms with van der Waals surface area (Å²) in [7, 11) is 0. The summed E-state index contributed by atoms with van der Waals surface area (Å²) in [5.41, 5.74) is -0.378. The molecule has 0 aliphatic carbocycles. The molecule has 0 aromatic carbocycles. The molecule has 0 atom stereocenters. The number of nitroso groups, excluding NO2 is 1. The minimum Gasteiger partial charge on any atom is -0.375 e. The van der Waals surface area contributed by atoms with E-state index in [1.807, 2.05) is 0 Å². The van der Waals surface area contributed by atoms with Gasteiger partial charge in [0, 0.05) is 0 Å². The average molecular weight is 132 g/mol. The molecule has 0 heterocycles. The van der Waals surface area contributed by atoms with E-state index in [9.17, 15) is 4.91 Å². The van der Waals surface area contributed by atoms with Gasteiger partial charge in [0.1, 0.15) is 6.73 Å². The largest absolute Gasteiger partial charge is 0.375 e. The van der Waals surface area contributed by atoms with Crippen LogP contribution in [-0.4, -0.2) is 22.4 Å². The molecule has 0 unspecified atom stereocenters. The SMILES string of the molecule is CC(C)(C)N(CO)N=O. The normalized spacial score (nSPS) is 11.1. The molecular weight excluding hydrogens is 120 g/mol. The van der Waals surface area contributed by atoms with Gasteiger partial charge in [-0.05, 0) is 20.8 Å². The Morgan fingerprint density at radius 2 is 2.00 bits per heavy atom. The van der Waals surface area contributed by atoms with Gasteiger partial charge in [-0.15, -0.1) is 4.91 Å². The maximum Gasteiger partial charge on any atom is 0.135 e. The highest BCUT2D eigenvalue weighted by atomic mass is 16.3. The van der Waals surface area contributed by atoms with Crippen molar-refractivity contribution in [2.45, 2.75) is 26.3 Å². The molecule has 0 fully saturated rings. The Morgan fingerprint density at radius 3 is 2.00 bits per heavy atom. The molecule has 0 bridgehead atoms. The van der Waals surface area contributed by atoms with Gasteiger partial charge in [0.25, 0.3) is 0 Å². The molecule has 0 rings (SSSR count). The molecule has 0 aliphatic heterocycles. The zero-order valence-electron chi connectivity index (χ0n) is 5.96. The van der Waals surface area contributed by atoms with Crippen molar-refractivity contribution in [2.24, 2.45) is 5.29 Å². The van der Waals surface area contributed by atoms with Crippen molar-refractivity contribution in [3.63, 3.8) is 0 Å². The Morgan fingerprint density at radius 1 is 1.56 bits per heavy atom. The quantitative estimate of drug-likeness (QED) is 0.342. The van der Waals surface area contributed by atoms with Crippen LogP contribution in [0.5, 0.6) is 0 Å². The van der Waals surface area contributed by atoms with E-state index < -0.39 is 0 Å². The summed E-state index contributed by atoms with van der Waals surface area (Å²) in [5.74, 6) is 0. The first-order valence-electron chi connectivity index (χ1n) is 2.74. The number of hydrogen-bond donors (Lipinski definition) is 1. The first-order chi connectivity index (χ1) is 4.02. The molecule has 4 heteroatoms. The van der Waals surface area contributed by atoms with Crippen molar-refractivity contribution >= 4 is 0 Å². The predicted octanol–water partition coefficient (Wildman–Crippen LogP) is 0.718. The van der Waals surface area contributed by atoms with Gasteiger partial charge in [-0.3, -0.25) is 0 Å². The van der Waals surface area contributed by atoms with Crippen molar-refractivity contribution < 1.29 is 5.11 Å². The molecule has 0 radical (unpaired) electrons. The topological polar surface area (TPSA) is 52.9 Å². The lowest BCUT2D eigenvalue weighted by atomic mass is 10.1. The van der Waals surface area contributed by atoms with Crippen molar-refractivity contribution in [2.75, 3.05) is 6.73 Å². The van der Waals surface area contributed by atoms with Crippen LogP contribution in [0.3, 0.4) is 0 Å². The van der Waals surface area contributed by atoms with Crippen molar-refractivity contribution in [3.8, 4) is 0 Å². The maximum atomic E-state index is 9.90. The average Bonchev–Trinajstić information content (AvgIpc) is 1.65. The first kappa shape index (κ1) is 8.36. The van der Waals surface area contributed by atoms with Gasteiger partial charge in [-0.1, -0.05) is 0 Å². The minimum absolute atomic E-state index is 0.326. The van der Waals surface area contributed by atoms with Gasteiger partial charge in [-0.2, -0.15) is 0 Å². The molecule has 1 N–H and O–H groups in total. The van der Waals surface area contributed by atoms with Crippen molar-refractivity contribution in [1.29, 1.82) is 0 Å². The van der Waals surface area contributed by atoms with E-state index >= 15 is 0 Å². The Balaban J connectivity index is 3.94. The molecule has 0 saturated carbocycles. The van der Waals surface area contributed by atoms with E-state index in [1.165, 1.54) is 0 Å². The number of nitrogens with zero attached hydrogens (tertiary/aromatic N) is 2. The molecule has 0 spiro atoms. The fourth-order valence-electron chi connectivity index (χ4n) is 0.360. The molecule has 54 valence electrons. The number of hydrogen-bond acceptors (Lipinski definition) is 3. The number of aliphatic hydroxyl groups excluding tert-OH is 1. The van der Waals surface area contributed by atoms with E-state index in [-0.39, 0.29) is 12.3 Å². The summed E-state index contributed by atoms with van der Waals surface area (Å²) < 4.78 is 0. The molecule has 0 amide bonds. The maximum absolute atomic E-state index is 9.90. The highest BCUT2D eigenvalue weighted by Gasteiger charge is 2.19. The van der Waals surface area contributed by atoms with Crippen LogP contribution >= 0.6 is 0 Å². The highest BCUT2D eigenvalue weighted by Crippen LogP contribution is 2.11. The minimum atomic E-state index is -0.378. The second-order valence-corrected chi connectivity index (χ2v) is 2.79. The molecule has 0 saturated heterocycles. The van der Waals surface area contributed by atoms with Gasteiger partial charge in [0.2, 0.25) is 0 Å². The molecule has 4 nitrogen and oxygen atoms in total. The van der Waals surface area contributed by atoms with Crippen LogP contribution in [0.4, 0.5) is 0 Å². The van der Waals surface area contributed by atoms with E-state index in [0.717, 1.165) is 5.01 Å². The Hall–Kier alpha value is -0.640. The lowest BCUT2D eigenvalue weighted by Crippen LogP contribution is -2.37. The van der Waals surface area contributed by atoms with Gasteiger partial charge >= 0.3 is 0 Å². The molecule has 0 aromatic rings.